The number of nitrogens with zero attached hydrogens (tertiary/aromatic N) is 2. The van der Waals surface area contributed by atoms with Gasteiger partial charge in [0.15, 0.2) is 5.69 Å². The lowest BCUT2D eigenvalue weighted by molar-refractivity contribution is -0.141. The van der Waals surface area contributed by atoms with Crippen LogP contribution in [-0.4, -0.2) is 15.7 Å². The van der Waals surface area contributed by atoms with Crippen LogP contribution in [0.5, 0.6) is 5.88 Å². The van der Waals surface area contributed by atoms with Gasteiger partial charge in [0.25, 0.3) is 0 Å². The van der Waals surface area contributed by atoms with Crippen LogP contribution in [0.1, 0.15) is 21.6 Å². The zero-order valence-electron chi connectivity index (χ0n) is 13.4. The molecule has 1 heterocycles. The van der Waals surface area contributed by atoms with Gasteiger partial charge in [-0.1, -0.05) is 41.4 Å². The van der Waals surface area contributed by atoms with Crippen LogP contribution in [0.3, 0.4) is 0 Å². The molecular weight excluding hydrogens is 369 g/mol. The Hall–Kier alpha value is -2.80. The minimum absolute atomic E-state index is 0.0411. The number of esters is 1. The van der Waals surface area contributed by atoms with Crippen molar-refractivity contribution in [3.05, 3.63) is 76.4 Å². The van der Waals surface area contributed by atoms with Crippen LogP contribution in [0.25, 0.3) is 5.69 Å². The Labute approximate surface area is 151 Å². The van der Waals surface area contributed by atoms with Gasteiger partial charge in [0, 0.05) is 6.07 Å². The second-order valence-electron chi connectivity index (χ2n) is 5.48. The Morgan fingerprint density at radius 1 is 1.12 bits per heavy atom. The maximum Gasteiger partial charge on any atom is 0.435 e. The van der Waals surface area contributed by atoms with E-state index in [0.29, 0.717) is 11.8 Å². The molecule has 0 aliphatic rings. The van der Waals surface area contributed by atoms with Gasteiger partial charge >= 0.3 is 12.1 Å². The van der Waals surface area contributed by atoms with E-state index < -0.39 is 17.8 Å². The van der Waals surface area contributed by atoms with Gasteiger partial charge in [-0.15, -0.1) is 0 Å². The zero-order chi connectivity index (χ0) is 18.9. The van der Waals surface area contributed by atoms with E-state index in [1.165, 1.54) is 12.1 Å². The number of rotatable bonds is 3. The molecule has 0 aliphatic carbocycles. The predicted octanol–water partition coefficient (Wildman–Crippen LogP) is 5.07. The van der Waals surface area contributed by atoms with Crippen molar-refractivity contribution in [3.63, 3.8) is 0 Å². The van der Waals surface area contributed by atoms with Gasteiger partial charge in [-0.2, -0.15) is 18.3 Å². The first-order valence-corrected chi connectivity index (χ1v) is 7.84. The molecule has 0 aliphatic heterocycles. The summed E-state index contributed by atoms with van der Waals surface area (Å²) in [7, 11) is 0. The topological polar surface area (TPSA) is 44.1 Å². The summed E-state index contributed by atoms with van der Waals surface area (Å²) in [5.74, 6) is -1.23. The minimum atomic E-state index is -4.68. The van der Waals surface area contributed by atoms with Gasteiger partial charge < -0.3 is 4.74 Å². The maximum atomic E-state index is 13.0. The lowest BCUT2D eigenvalue weighted by Crippen LogP contribution is -2.12. The van der Waals surface area contributed by atoms with E-state index in [1.807, 2.05) is 6.92 Å². The number of hydrogen-bond donors (Lipinski definition) is 0. The summed E-state index contributed by atoms with van der Waals surface area (Å²) in [4.78, 5) is 12.3. The maximum absolute atomic E-state index is 13.0. The SMILES string of the molecule is Cc1ccc(-n2nc(C(F)(F)F)cc2OC(=O)c2ccccc2Cl)cc1. The van der Waals surface area contributed by atoms with E-state index in [9.17, 15) is 18.0 Å². The smallest absolute Gasteiger partial charge is 0.404 e. The molecule has 0 fully saturated rings. The van der Waals surface area contributed by atoms with Gasteiger partial charge in [-0.25, -0.2) is 9.48 Å². The molecule has 0 saturated carbocycles. The molecule has 134 valence electrons. The molecule has 4 nitrogen and oxygen atoms in total. The normalized spacial score (nSPS) is 11.4. The third-order valence-corrected chi connectivity index (χ3v) is 3.87. The minimum Gasteiger partial charge on any atom is -0.404 e. The molecule has 2 aromatic carbocycles. The molecule has 0 saturated heterocycles. The van der Waals surface area contributed by atoms with E-state index in [-0.39, 0.29) is 16.5 Å². The van der Waals surface area contributed by atoms with E-state index in [1.54, 1.807) is 36.4 Å². The average Bonchev–Trinajstić information content (AvgIpc) is 3.00. The van der Waals surface area contributed by atoms with Crippen LogP contribution in [0.4, 0.5) is 13.2 Å². The Morgan fingerprint density at radius 3 is 2.38 bits per heavy atom. The molecule has 3 rings (SSSR count). The molecule has 0 N–H and O–H groups in total. The number of carbonyl (C=O) groups excluding carboxylic acids is 1. The van der Waals surface area contributed by atoms with Crippen LogP contribution in [0, 0.1) is 6.92 Å². The van der Waals surface area contributed by atoms with Crippen molar-refractivity contribution < 1.29 is 22.7 Å². The summed E-state index contributed by atoms with van der Waals surface area (Å²) in [5.41, 5.74) is 0.124. The highest BCUT2D eigenvalue weighted by Crippen LogP contribution is 2.32. The average molecular weight is 381 g/mol. The van der Waals surface area contributed by atoms with Crippen molar-refractivity contribution in [2.75, 3.05) is 0 Å². The van der Waals surface area contributed by atoms with Crippen molar-refractivity contribution in [1.82, 2.24) is 9.78 Å². The lowest BCUT2D eigenvalue weighted by Gasteiger charge is -2.09. The summed E-state index contributed by atoms with van der Waals surface area (Å²) in [6.45, 7) is 1.84. The predicted molar refractivity (Wildman–Crippen MR) is 89.7 cm³/mol. The standard InChI is InChI=1S/C18H12ClF3N2O2/c1-11-6-8-12(9-7-11)24-16(10-15(23-24)18(20,21)22)26-17(25)13-4-2-3-5-14(13)19/h2-10H,1H3. The van der Waals surface area contributed by atoms with Gasteiger partial charge in [0.1, 0.15) is 0 Å². The van der Waals surface area contributed by atoms with Crippen LogP contribution < -0.4 is 4.74 Å². The Bertz CT molecular complexity index is 950. The second kappa shape index (κ2) is 6.84. The molecule has 0 radical (unpaired) electrons. The highest BCUT2D eigenvalue weighted by molar-refractivity contribution is 6.33. The summed E-state index contributed by atoms with van der Waals surface area (Å²) < 4.78 is 45.2. The van der Waals surface area contributed by atoms with Crippen LogP contribution in [-0.2, 0) is 6.18 Å². The first-order chi connectivity index (χ1) is 12.3. The second-order valence-corrected chi connectivity index (χ2v) is 5.89. The number of aromatic nitrogens is 2. The summed E-state index contributed by atoms with van der Waals surface area (Å²) in [5, 5.41) is 3.67. The highest BCUT2D eigenvalue weighted by atomic mass is 35.5. The molecule has 0 spiro atoms. The Balaban J connectivity index is 2.02. The zero-order valence-corrected chi connectivity index (χ0v) is 14.2. The van der Waals surface area contributed by atoms with Crippen molar-refractivity contribution in [3.8, 4) is 11.6 Å². The van der Waals surface area contributed by atoms with E-state index in [2.05, 4.69) is 5.10 Å². The van der Waals surface area contributed by atoms with Crippen LogP contribution in [0.2, 0.25) is 5.02 Å². The van der Waals surface area contributed by atoms with Gasteiger partial charge in [0.05, 0.1) is 16.3 Å². The first-order valence-electron chi connectivity index (χ1n) is 7.47. The van der Waals surface area contributed by atoms with Crippen molar-refractivity contribution in [2.45, 2.75) is 13.1 Å². The molecule has 0 atom stereocenters. The molecule has 3 aromatic rings. The summed E-state index contributed by atoms with van der Waals surface area (Å²) in [6.07, 6.45) is -4.68. The molecule has 26 heavy (non-hydrogen) atoms. The number of benzene rings is 2. The quantitative estimate of drug-likeness (QED) is 0.596. The fraction of sp³-hybridized carbons (Fsp3) is 0.111. The fourth-order valence-electron chi connectivity index (χ4n) is 2.22. The Morgan fingerprint density at radius 2 is 1.77 bits per heavy atom. The monoisotopic (exact) mass is 380 g/mol. The molecule has 0 unspecified atom stereocenters. The van der Waals surface area contributed by atoms with Gasteiger partial charge in [0.2, 0.25) is 5.88 Å². The summed E-state index contributed by atoms with van der Waals surface area (Å²) >= 11 is 5.93. The van der Waals surface area contributed by atoms with E-state index in [0.717, 1.165) is 10.2 Å². The fourth-order valence-corrected chi connectivity index (χ4v) is 2.44. The van der Waals surface area contributed by atoms with Crippen LogP contribution in [0.15, 0.2) is 54.6 Å². The lowest BCUT2D eigenvalue weighted by atomic mass is 10.2. The summed E-state index contributed by atoms with van der Waals surface area (Å²) in [6, 6.07) is 13.4. The Kier molecular flexibility index (Phi) is 4.73. The molecule has 0 bridgehead atoms. The number of carbonyl (C=O) groups is 1. The van der Waals surface area contributed by atoms with Crippen molar-refractivity contribution in [1.29, 1.82) is 0 Å². The van der Waals surface area contributed by atoms with Crippen molar-refractivity contribution in [2.24, 2.45) is 0 Å². The van der Waals surface area contributed by atoms with Gasteiger partial charge in [-0.05, 0) is 31.2 Å². The highest BCUT2D eigenvalue weighted by Gasteiger charge is 2.36. The number of halogens is 4. The molecule has 8 heteroatoms. The molecule has 0 amide bonds. The number of ether oxygens (including phenoxy) is 1. The van der Waals surface area contributed by atoms with Crippen molar-refractivity contribution >= 4 is 17.6 Å². The van der Waals surface area contributed by atoms with E-state index >= 15 is 0 Å². The van der Waals surface area contributed by atoms with Gasteiger partial charge in [-0.3, -0.25) is 0 Å². The van der Waals surface area contributed by atoms with E-state index in [4.69, 9.17) is 16.3 Å². The first kappa shape index (κ1) is 18.0. The molecular formula is C18H12ClF3N2O2. The number of aryl methyl sites for hydroxylation is 1. The third kappa shape index (κ3) is 3.72. The molecule has 1 aromatic heterocycles. The number of alkyl halides is 3. The number of hydrogen-bond acceptors (Lipinski definition) is 3. The third-order valence-electron chi connectivity index (χ3n) is 3.54. The largest absolute Gasteiger partial charge is 0.435 e. The van der Waals surface area contributed by atoms with Crippen LogP contribution >= 0.6 is 11.6 Å².